The van der Waals surface area contributed by atoms with Gasteiger partial charge < -0.3 is 14.2 Å². The summed E-state index contributed by atoms with van der Waals surface area (Å²) in [6.45, 7) is 4.38. The Hall–Kier alpha value is -2.37. The standard InChI is InChI=1S/C19H23N3O3/c1-13-20-16-11-14(5-6-17(16)25-13)12-18(23)21-7-9-22(10-8-21)19(24)15-3-2-4-15/h5-6,11,15H,2-4,7-10,12H2,1H3. The van der Waals surface area contributed by atoms with E-state index in [0.717, 1.165) is 29.5 Å². The number of carbonyl (C=O) groups is 2. The number of piperazine rings is 1. The van der Waals surface area contributed by atoms with Gasteiger partial charge in [-0.3, -0.25) is 9.59 Å². The highest BCUT2D eigenvalue weighted by Crippen LogP contribution is 2.28. The molecule has 1 saturated carbocycles. The lowest BCUT2D eigenvalue weighted by molar-refractivity contribution is -0.143. The fraction of sp³-hybridized carbons (Fsp3) is 0.526. The normalized spacial score (nSPS) is 18.4. The fourth-order valence-corrected chi connectivity index (χ4v) is 3.57. The average Bonchev–Trinajstić information content (AvgIpc) is 2.92. The molecule has 0 unspecified atom stereocenters. The molecule has 0 spiro atoms. The molecule has 132 valence electrons. The van der Waals surface area contributed by atoms with E-state index in [1.165, 1.54) is 6.42 Å². The highest BCUT2D eigenvalue weighted by atomic mass is 16.3. The van der Waals surface area contributed by atoms with Crippen LogP contribution in [0.1, 0.15) is 30.7 Å². The van der Waals surface area contributed by atoms with Crippen LogP contribution in [0.3, 0.4) is 0 Å². The predicted molar refractivity (Wildman–Crippen MR) is 93.0 cm³/mol. The molecule has 1 saturated heterocycles. The molecule has 0 bridgehead atoms. The first-order chi connectivity index (χ1) is 12.1. The lowest BCUT2D eigenvalue weighted by atomic mass is 9.84. The number of hydrogen-bond acceptors (Lipinski definition) is 4. The Balaban J connectivity index is 1.34. The maximum atomic E-state index is 12.6. The Morgan fingerprint density at radius 2 is 1.88 bits per heavy atom. The summed E-state index contributed by atoms with van der Waals surface area (Å²) in [6.07, 6.45) is 3.59. The monoisotopic (exact) mass is 341 g/mol. The van der Waals surface area contributed by atoms with E-state index in [0.29, 0.717) is 38.5 Å². The summed E-state index contributed by atoms with van der Waals surface area (Å²) in [6, 6.07) is 5.70. The molecule has 6 heteroatoms. The van der Waals surface area contributed by atoms with Crippen molar-refractivity contribution in [3.8, 4) is 0 Å². The van der Waals surface area contributed by atoms with Crippen molar-refractivity contribution in [1.82, 2.24) is 14.8 Å². The minimum atomic E-state index is 0.107. The van der Waals surface area contributed by atoms with Gasteiger partial charge in [0.2, 0.25) is 11.8 Å². The van der Waals surface area contributed by atoms with E-state index in [1.807, 2.05) is 34.9 Å². The number of aryl methyl sites for hydroxylation is 1. The largest absolute Gasteiger partial charge is 0.441 e. The van der Waals surface area contributed by atoms with E-state index >= 15 is 0 Å². The second-order valence-corrected chi connectivity index (χ2v) is 7.05. The fourth-order valence-electron chi connectivity index (χ4n) is 3.57. The van der Waals surface area contributed by atoms with Crippen LogP contribution in [0, 0.1) is 12.8 Å². The predicted octanol–water partition coefficient (Wildman–Crippen LogP) is 2.15. The first-order valence-electron chi connectivity index (χ1n) is 9.03. The SMILES string of the molecule is Cc1nc2cc(CC(=O)N3CCN(C(=O)C4CCC4)CC3)ccc2o1. The van der Waals surface area contributed by atoms with Gasteiger partial charge in [-0.1, -0.05) is 12.5 Å². The van der Waals surface area contributed by atoms with Crippen molar-refractivity contribution in [3.63, 3.8) is 0 Å². The quantitative estimate of drug-likeness (QED) is 0.858. The van der Waals surface area contributed by atoms with E-state index in [2.05, 4.69) is 4.98 Å². The van der Waals surface area contributed by atoms with Crippen molar-refractivity contribution in [1.29, 1.82) is 0 Å². The summed E-state index contributed by atoms with van der Waals surface area (Å²) < 4.78 is 5.47. The zero-order valence-electron chi connectivity index (χ0n) is 14.5. The molecule has 0 N–H and O–H groups in total. The van der Waals surface area contributed by atoms with Crippen molar-refractivity contribution in [2.45, 2.75) is 32.6 Å². The molecular weight excluding hydrogens is 318 g/mol. The summed E-state index contributed by atoms with van der Waals surface area (Å²) >= 11 is 0. The smallest absolute Gasteiger partial charge is 0.227 e. The molecule has 2 amide bonds. The number of nitrogens with zero attached hydrogens (tertiary/aromatic N) is 3. The number of oxazole rings is 1. The Labute approximate surface area is 146 Å². The average molecular weight is 341 g/mol. The van der Waals surface area contributed by atoms with Gasteiger partial charge >= 0.3 is 0 Å². The number of amides is 2. The van der Waals surface area contributed by atoms with Crippen molar-refractivity contribution >= 4 is 22.9 Å². The molecule has 2 heterocycles. The summed E-state index contributed by atoms with van der Waals surface area (Å²) in [7, 11) is 0. The van der Waals surface area contributed by atoms with E-state index in [4.69, 9.17) is 4.42 Å². The van der Waals surface area contributed by atoms with E-state index in [9.17, 15) is 9.59 Å². The number of hydrogen-bond donors (Lipinski definition) is 0. The number of carbonyl (C=O) groups excluding carboxylic acids is 2. The van der Waals surface area contributed by atoms with Crippen LogP contribution in [0.2, 0.25) is 0 Å². The van der Waals surface area contributed by atoms with E-state index in [1.54, 1.807) is 0 Å². The number of fused-ring (bicyclic) bond motifs is 1. The molecule has 1 aliphatic heterocycles. The zero-order valence-corrected chi connectivity index (χ0v) is 14.5. The molecule has 6 nitrogen and oxygen atoms in total. The van der Waals surface area contributed by atoms with E-state index in [-0.39, 0.29) is 17.7 Å². The van der Waals surface area contributed by atoms with Crippen LogP contribution in [-0.2, 0) is 16.0 Å². The molecule has 25 heavy (non-hydrogen) atoms. The van der Waals surface area contributed by atoms with Crippen molar-refractivity contribution in [3.05, 3.63) is 29.7 Å². The number of rotatable bonds is 3. The maximum Gasteiger partial charge on any atom is 0.227 e. The zero-order chi connectivity index (χ0) is 17.4. The first-order valence-corrected chi connectivity index (χ1v) is 9.03. The lowest BCUT2D eigenvalue weighted by Gasteiger charge is -2.38. The highest BCUT2D eigenvalue weighted by molar-refractivity contribution is 5.82. The van der Waals surface area contributed by atoms with Crippen molar-refractivity contribution in [2.75, 3.05) is 26.2 Å². The molecule has 4 rings (SSSR count). The Morgan fingerprint density at radius 3 is 2.56 bits per heavy atom. The Bertz CT molecular complexity index is 801. The van der Waals surface area contributed by atoms with Crippen LogP contribution in [0.15, 0.2) is 22.6 Å². The van der Waals surface area contributed by atoms with Crippen LogP contribution in [0.4, 0.5) is 0 Å². The van der Waals surface area contributed by atoms with Crippen LogP contribution >= 0.6 is 0 Å². The van der Waals surface area contributed by atoms with Gasteiger partial charge in [-0.05, 0) is 30.5 Å². The minimum absolute atomic E-state index is 0.107. The molecule has 1 aliphatic carbocycles. The summed E-state index contributed by atoms with van der Waals surface area (Å²) in [5.41, 5.74) is 2.48. The number of aromatic nitrogens is 1. The van der Waals surface area contributed by atoms with E-state index < -0.39 is 0 Å². The third-order valence-electron chi connectivity index (χ3n) is 5.31. The lowest BCUT2D eigenvalue weighted by Crippen LogP contribution is -2.52. The topological polar surface area (TPSA) is 66.7 Å². The molecule has 1 aromatic heterocycles. The van der Waals surface area contributed by atoms with Gasteiger partial charge in [0.05, 0.1) is 6.42 Å². The Kier molecular flexibility index (Phi) is 4.19. The molecule has 2 aliphatic rings. The van der Waals surface area contributed by atoms with Crippen LogP contribution in [0.5, 0.6) is 0 Å². The molecular formula is C19H23N3O3. The molecule has 2 fully saturated rings. The third kappa shape index (κ3) is 3.25. The Morgan fingerprint density at radius 1 is 1.16 bits per heavy atom. The van der Waals surface area contributed by atoms with Crippen molar-refractivity contribution in [2.24, 2.45) is 5.92 Å². The summed E-state index contributed by atoms with van der Waals surface area (Å²) in [5, 5.41) is 0. The molecule has 2 aromatic rings. The van der Waals surface area contributed by atoms with Crippen LogP contribution in [0.25, 0.3) is 11.1 Å². The first kappa shape index (κ1) is 16.1. The van der Waals surface area contributed by atoms with Gasteiger partial charge in [0.1, 0.15) is 5.52 Å². The van der Waals surface area contributed by atoms with Gasteiger partial charge in [-0.2, -0.15) is 0 Å². The maximum absolute atomic E-state index is 12.6. The van der Waals surface area contributed by atoms with Gasteiger partial charge in [-0.15, -0.1) is 0 Å². The van der Waals surface area contributed by atoms with Gasteiger partial charge in [0, 0.05) is 39.0 Å². The third-order valence-corrected chi connectivity index (χ3v) is 5.31. The molecule has 0 radical (unpaired) electrons. The number of benzene rings is 1. The van der Waals surface area contributed by atoms with Crippen LogP contribution in [-0.4, -0.2) is 52.8 Å². The minimum Gasteiger partial charge on any atom is -0.441 e. The molecule has 0 atom stereocenters. The van der Waals surface area contributed by atoms with Gasteiger partial charge in [0.15, 0.2) is 11.5 Å². The van der Waals surface area contributed by atoms with Gasteiger partial charge in [-0.25, -0.2) is 4.98 Å². The second kappa shape index (κ2) is 6.50. The van der Waals surface area contributed by atoms with Gasteiger partial charge in [0.25, 0.3) is 0 Å². The molecule has 1 aromatic carbocycles. The highest BCUT2D eigenvalue weighted by Gasteiger charge is 2.31. The van der Waals surface area contributed by atoms with Crippen molar-refractivity contribution < 1.29 is 14.0 Å². The van der Waals surface area contributed by atoms with Crippen LogP contribution < -0.4 is 0 Å². The second-order valence-electron chi connectivity index (χ2n) is 7.05. The summed E-state index contributed by atoms with van der Waals surface area (Å²) in [5.74, 6) is 1.26. The summed E-state index contributed by atoms with van der Waals surface area (Å²) in [4.78, 5) is 33.0.